The van der Waals surface area contributed by atoms with Crippen LogP contribution in [0, 0.1) is 18.3 Å². The number of carboxylic acid groups (broad SMARTS) is 1. The van der Waals surface area contributed by atoms with Gasteiger partial charge >= 0.3 is 12.1 Å². The van der Waals surface area contributed by atoms with E-state index in [2.05, 4.69) is 20.3 Å². The third-order valence-electron chi connectivity index (χ3n) is 7.28. The van der Waals surface area contributed by atoms with Crippen molar-refractivity contribution in [1.82, 2.24) is 15.0 Å². The highest BCUT2D eigenvalue weighted by molar-refractivity contribution is 7.15. The number of nitrogens with one attached hydrogen (secondary N) is 1. The molecule has 0 aliphatic heterocycles. The van der Waals surface area contributed by atoms with Gasteiger partial charge in [0, 0.05) is 23.0 Å². The first kappa shape index (κ1) is 28.2. The van der Waals surface area contributed by atoms with Crippen molar-refractivity contribution in [3.63, 3.8) is 0 Å². The normalized spacial score (nSPS) is 20.8. The lowest BCUT2D eigenvalue weighted by atomic mass is 9.63. The van der Waals surface area contributed by atoms with Crippen molar-refractivity contribution in [3.05, 3.63) is 64.4 Å². The third kappa shape index (κ3) is 5.61. The molecule has 1 aliphatic carbocycles. The Balaban J connectivity index is 1.51. The van der Waals surface area contributed by atoms with Crippen LogP contribution in [0.4, 0.5) is 24.8 Å². The zero-order valence-corrected chi connectivity index (χ0v) is 23.5. The van der Waals surface area contributed by atoms with Gasteiger partial charge in [0.1, 0.15) is 16.3 Å². The number of aliphatic carboxylic acids is 1. The number of thiazole rings is 1. The van der Waals surface area contributed by atoms with Gasteiger partial charge in [0.15, 0.2) is 0 Å². The van der Waals surface area contributed by atoms with Crippen LogP contribution in [0.15, 0.2) is 48.1 Å². The molecule has 0 radical (unpaired) electrons. The van der Waals surface area contributed by atoms with Crippen LogP contribution in [0.5, 0.6) is 0 Å². The second-order valence-electron chi connectivity index (χ2n) is 10.8. The molecule has 0 saturated heterocycles. The number of hydrogen-bond donors (Lipinski definition) is 3. The Hall–Kier alpha value is -3.35. The lowest BCUT2D eigenvalue weighted by Gasteiger charge is -2.44. The first-order chi connectivity index (χ1) is 18.7. The molecule has 1 aliphatic rings. The van der Waals surface area contributed by atoms with Gasteiger partial charge < -0.3 is 15.5 Å². The smallest absolute Gasteiger partial charge is 0.433 e. The Morgan fingerprint density at radius 2 is 1.90 bits per heavy atom. The second-order valence-corrected chi connectivity index (χ2v) is 12.7. The molecular formula is C28H27F3N4O3S2. The molecule has 3 N–H and O–H groups in total. The quantitative estimate of drug-likeness (QED) is 0.214. The molecule has 0 amide bonds. The highest BCUT2D eigenvalue weighted by atomic mass is 32.1. The molecule has 1 fully saturated rings. The van der Waals surface area contributed by atoms with Crippen LogP contribution in [0.3, 0.4) is 0 Å². The summed E-state index contributed by atoms with van der Waals surface area (Å²) >= 11 is 2.87. The van der Waals surface area contributed by atoms with Gasteiger partial charge in [0.25, 0.3) is 0 Å². The van der Waals surface area contributed by atoms with E-state index >= 15 is 0 Å². The summed E-state index contributed by atoms with van der Waals surface area (Å²) in [7, 11) is 0. The Labute approximate surface area is 236 Å². The molecule has 4 aromatic rings. The highest BCUT2D eigenvalue weighted by Gasteiger charge is 2.49. The number of hydrogen-bond acceptors (Lipinski definition) is 8. The summed E-state index contributed by atoms with van der Waals surface area (Å²) in [5, 5.41) is 26.6. The van der Waals surface area contributed by atoms with E-state index in [0.29, 0.717) is 17.1 Å². The number of anilines is 2. The Kier molecular flexibility index (Phi) is 7.22. The van der Waals surface area contributed by atoms with E-state index in [-0.39, 0.29) is 18.8 Å². The second kappa shape index (κ2) is 10.2. The zero-order chi connectivity index (χ0) is 28.9. The Bertz CT molecular complexity index is 1570. The van der Waals surface area contributed by atoms with Crippen LogP contribution in [-0.4, -0.2) is 31.1 Å². The topological polar surface area (TPSA) is 108 Å². The largest absolute Gasteiger partial charge is 0.481 e. The first-order valence-electron chi connectivity index (χ1n) is 12.5. The molecule has 12 heteroatoms. The molecule has 1 saturated carbocycles. The van der Waals surface area contributed by atoms with E-state index in [1.54, 1.807) is 23.6 Å². The summed E-state index contributed by atoms with van der Waals surface area (Å²) in [6, 6.07) is 8.39. The number of rotatable bonds is 6. The Morgan fingerprint density at radius 1 is 1.15 bits per heavy atom. The lowest BCUT2D eigenvalue weighted by Crippen LogP contribution is -2.44. The molecule has 40 heavy (non-hydrogen) atoms. The molecule has 5 rings (SSSR count). The standard InChI is InChI=1S/C28H27F3N4O3S2/c1-15-6-9-39-22(15)17-10-16(11-18(12-17)34-25-32-8-5-21(35-25)28(29,30)31)20-13-33-24(40-20)27(38)7-4-19(23(36)37)26(2,3)14-27/h5-6,8-13,19,38H,4,7,14H2,1-3H3,(H,36,37)(H,32,34,35)/t19-,27-/m1/s1. The maximum atomic E-state index is 13.2. The summed E-state index contributed by atoms with van der Waals surface area (Å²) in [5.74, 6) is -1.60. The zero-order valence-electron chi connectivity index (χ0n) is 21.9. The molecule has 3 aromatic heterocycles. The van der Waals surface area contributed by atoms with Crippen molar-refractivity contribution in [1.29, 1.82) is 0 Å². The summed E-state index contributed by atoms with van der Waals surface area (Å²) < 4.78 is 39.6. The predicted octanol–water partition coefficient (Wildman–Crippen LogP) is 7.50. The molecule has 7 nitrogen and oxygen atoms in total. The minimum Gasteiger partial charge on any atom is -0.481 e. The number of aromatic nitrogens is 3. The number of thiophene rings is 1. The summed E-state index contributed by atoms with van der Waals surface area (Å²) in [6.45, 7) is 5.69. The monoisotopic (exact) mass is 588 g/mol. The molecule has 0 bridgehead atoms. The van der Waals surface area contributed by atoms with Crippen molar-refractivity contribution in [2.24, 2.45) is 11.3 Å². The predicted molar refractivity (Wildman–Crippen MR) is 149 cm³/mol. The molecular weight excluding hydrogens is 561 g/mol. The van der Waals surface area contributed by atoms with E-state index in [1.165, 1.54) is 11.3 Å². The summed E-state index contributed by atoms with van der Waals surface area (Å²) in [6.07, 6.45) is -0.987. The first-order valence-corrected chi connectivity index (χ1v) is 14.2. The van der Waals surface area contributed by atoms with Crippen molar-refractivity contribution >= 4 is 40.3 Å². The van der Waals surface area contributed by atoms with Crippen molar-refractivity contribution in [3.8, 4) is 20.9 Å². The van der Waals surface area contributed by atoms with Gasteiger partial charge in [-0.15, -0.1) is 22.7 Å². The number of halogens is 3. The van der Waals surface area contributed by atoms with Crippen LogP contribution in [0.1, 0.15) is 49.4 Å². The average molecular weight is 589 g/mol. The molecule has 2 atom stereocenters. The van der Waals surface area contributed by atoms with Gasteiger partial charge in [0.2, 0.25) is 5.95 Å². The number of nitrogens with zero attached hydrogens (tertiary/aromatic N) is 3. The average Bonchev–Trinajstić information content (AvgIpc) is 3.52. The van der Waals surface area contributed by atoms with Gasteiger partial charge in [-0.1, -0.05) is 13.8 Å². The van der Waals surface area contributed by atoms with E-state index in [9.17, 15) is 28.2 Å². The number of carboxylic acids is 1. The van der Waals surface area contributed by atoms with E-state index < -0.39 is 34.8 Å². The SMILES string of the molecule is Cc1ccsc1-c1cc(Nc2nccc(C(F)(F)F)n2)cc(-c2cnc([C@@]3(O)CC[C@H](C(=O)O)C(C)(C)C3)s2)c1. The molecule has 0 unspecified atom stereocenters. The number of aliphatic hydroxyl groups is 1. The fraction of sp³-hybridized carbons (Fsp3) is 0.357. The lowest BCUT2D eigenvalue weighted by molar-refractivity contribution is -0.154. The maximum Gasteiger partial charge on any atom is 0.433 e. The molecule has 210 valence electrons. The minimum atomic E-state index is -4.60. The van der Waals surface area contributed by atoms with Gasteiger partial charge in [-0.3, -0.25) is 4.79 Å². The molecule has 1 aromatic carbocycles. The Morgan fingerprint density at radius 3 is 2.55 bits per heavy atom. The summed E-state index contributed by atoms with van der Waals surface area (Å²) in [5.41, 5.74) is 0.242. The van der Waals surface area contributed by atoms with Crippen molar-refractivity contribution < 1.29 is 28.2 Å². The van der Waals surface area contributed by atoms with Crippen LogP contribution in [0.25, 0.3) is 20.9 Å². The van der Waals surface area contributed by atoms with E-state index in [1.807, 2.05) is 44.4 Å². The summed E-state index contributed by atoms with van der Waals surface area (Å²) in [4.78, 5) is 25.6. The van der Waals surface area contributed by atoms with Gasteiger partial charge in [-0.2, -0.15) is 13.2 Å². The van der Waals surface area contributed by atoms with Gasteiger partial charge in [-0.25, -0.2) is 15.0 Å². The number of aryl methyl sites for hydroxylation is 1. The molecule has 3 heterocycles. The fourth-order valence-corrected chi connectivity index (χ4v) is 7.28. The number of carbonyl (C=O) groups is 1. The van der Waals surface area contributed by atoms with E-state index in [4.69, 9.17) is 0 Å². The van der Waals surface area contributed by atoms with Crippen LogP contribution >= 0.6 is 22.7 Å². The van der Waals surface area contributed by atoms with E-state index in [0.717, 1.165) is 38.7 Å². The van der Waals surface area contributed by atoms with Crippen LogP contribution < -0.4 is 5.32 Å². The minimum absolute atomic E-state index is 0.183. The van der Waals surface area contributed by atoms with Crippen molar-refractivity contribution in [2.75, 3.05) is 5.32 Å². The third-order valence-corrected chi connectivity index (χ3v) is 9.59. The van der Waals surface area contributed by atoms with Crippen LogP contribution in [0.2, 0.25) is 0 Å². The molecule has 0 spiro atoms. The van der Waals surface area contributed by atoms with Crippen LogP contribution in [-0.2, 0) is 16.6 Å². The van der Waals surface area contributed by atoms with Crippen molar-refractivity contribution in [2.45, 2.75) is 51.8 Å². The highest BCUT2D eigenvalue weighted by Crippen LogP contribution is 2.51. The number of alkyl halides is 3. The van der Waals surface area contributed by atoms with Gasteiger partial charge in [-0.05, 0) is 84.0 Å². The number of benzene rings is 1. The maximum absolute atomic E-state index is 13.2. The van der Waals surface area contributed by atoms with Gasteiger partial charge in [0.05, 0.1) is 10.8 Å². The fourth-order valence-electron chi connectivity index (χ4n) is 5.35.